The number of nitro groups is 1. The molecular formula is C11H14N2O5S. The van der Waals surface area contributed by atoms with Gasteiger partial charge >= 0.3 is 0 Å². The minimum Gasteiger partial charge on any atom is -0.495 e. The summed E-state index contributed by atoms with van der Waals surface area (Å²) in [5, 5.41) is 10.6. The molecule has 19 heavy (non-hydrogen) atoms. The molecule has 8 heteroatoms. The SMILES string of the molecule is C=C(C)CNS(=O)(=O)c1ccc([N+](=O)[O-])cc1OC. The van der Waals surface area contributed by atoms with Gasteiger partial charge in [-0.2, -0.15) is 0 Å². The van der Waals surface area contributed by atoms with Crippen LogP contribution in [0.25, 0.3) is 0 Å². The van der Waals surface area contributed by atoms with E-state index >= 15 is 0 Å². The number of nitro benzene ring substituents is 1. The van der Waals surface area contributed by atoms with E-state index < -0.39 is 14.9 Å². The zero-order valence-electron chi connectivity index (χ0n) is 10.5. The van der Waals surface area contributed by atoms with Crippen molar-refractivity contribution in [2.24, 2.45) is 0 Å². The van der Waals surface area contributed by atoms with Crippen molar-refractivity contribution in [1.29, 1.82) is 0 Å². The van der Waals surface area contributed by atoms with Crippen LogP contribution in [0.2, 0.25) is 0 Å². The normalized spacial score (nSPS) is 11.1. The average Bonchev–Trinajstić information content (AvgIpc) is 2.35. The zero-order valence-corrected chi connectivity index (χ0v) is 11.4. The van der Waals surface area contributed by atoms with Crippen molar-refractivity contribution >= 4 is 15.7 Å². The Hall–Kier alpha value is -1.93. The largest absolute Gasteiger partial charge is 0.495 e. The molecule has 0 fully saturated rings. The van der Waals surface area contributed by atoms with Gasteiger partial charge in [-0.25, -0.2) is 13.1 Å². The molecule has 0 bridgehead atoms. The van der Waals surface area contributed by atoms with Crippen molar-refractivity contribution in [3.63, 3.8) is 0 Å². The van der Waals surface area contributed by atoms with Gasteiger partial charge < -0.3 is 4.74 Å². The lowest BCUT2D eigenvalue weighted by Crippen LogP contribution is -2.25. The Kier molecular flexibility index (Phi) is 4.62. The van der Waals surface area contributed by atoms with Gasteiger partial charge in [-0.05, 0) is 13.0 Å². The molecule has 0 heterocycles. The fourth-order valence-electron chi connectivity index (χ4n) is 1.29. The number of methoxy groups -OCH3 is 1. The molecule has 1 aromatic carbocycles. The summed E-state index contributed by atoms with van der Waals surface area (Å²) >= 11 is 0. The maximum Gasteiger partial charge on any atom is 0.273 e. The highest BCUT2D eigenvalue weighted by molar-refractivity contribution is 7.89. The standard InChI is InChI=1S/C11H14N2O5S/c1-8(2)7-12-19(16,17)11-5-4-9(13(14)15)6-10(11)18-3/h4-6,12H,1,7H2,2-3H3. The molecule has 0 unspecified atom stereocenters. The lowest BCUT2D eigenvalue weighted by atomic mass is 10.3. The van der Waals surface area contributed by atoms with E-state index in [1.165, 1.54) is 7.11 Å². The van der Waals surface area contributed by atoms with E-state index in [-0.39, 0.29) is 22.9 Å². The van der Waals surface area contributed by atoms with Crippen LogP contribution in [-0.4, -0.2) is 27.0 Å². The van der Waals surface area contributed by atoms with E-state index in [2.05, 4.69) is 11.3 Å². The Balaban J connectivity index is 3.19. The number of rotatable bonds is 6. The van der Waals surface area contributed by atoms with Crippen LogP contribution in [0, 0.1) is 10.1 Å². The minimum absolute atomic E-state index is 0.0802. The molecule has 104 valence electrons. The summed E-state index contributed by atoms with van der Waals surface area (Å²) in [6.45, 7) is 5.35. The highest BCUT2D eigenvalue weighted by atomic mass is 32.2. The van der Waals surface area contributed by atoms with Crippen LogP contribution in [0.1, 0.15) is 6.92 Å². The fraction of sp³-hybridized carbons (Fsp3) is 0.273. The van der Waals surface area contributed by atoms with Crippen LogP contribution in [0.3, 0.4) is 0 Å². The molecule has 0 saturated heterocycles. The maximum absolute atomic E-state index is 12.0. The molecule has 7 nitrogen and oxygen atoms in total. The summed E-state index contributed by atoms with van der Waals surface area (Å²) < 4.78 is 31.2. The highest BCUT2D eigenvalue weighted by Gasteiger charge is 2.21. The first-order valence-electron chi connectivity index (χ1n) is 5.24. The van der Waals surface area contributed by atoms with E-state index in [9.17, 15) is 18.5 Å². The fourth-order valence-corrected chi connectivity index (χ4v) is 2.53. The molecule has 0 aliphatic heterocycles. The van der Waals surface area contributed by atoms with E-state index in [0.29, 0.717) is 5.57 Å². The van der Waals surface area contributed by atoms with E-state index in [0.717, 1.165) is 18.2 Å². The second-order valence-corrected chi connectivity index (χ2v) is 5.61. The summed E-state index contributed by atoms with van der Waals surface area (Å²) in [5.41, 5.74) is 0.403. The molecule has 1 rings (SSSR count). The topological polar surface area (TPSA) is 98.5 Å². The van der Waals surface area contributed by atoms with Crippen LogP contribution in [0.15, 0.2) is 35.2 Å². The summed E-state index contributed by atoms with van der Waals surface area (Å²) in [4.78, 5) is 9.84. The third-order valence-electron chi connectivity index (χ3n) is 2.21. The average molecular weight is 286 g/mol. The number of hydrogen-bond acceptors (Lipinski definition) is 5. The quantitative estimate of drug-likeness (QED) is 0.485. The first-order chi connectivity index (χ1) is 8.77. The Bertz CT molecular complexity index is 610. The predicted octanol–water partition coefficient (Wildman–Crippen LogP) is 1.46. The number of sulfonamides is 1. The molecule has 0 radical (unpaired) electrons. The first kappa shape index (κ1) is 15.1. The van der Waals surface area contributed by atoms with Crippen molar-refractivity contribution < 1.29 is 18.1 Å². The van der Waals surface area contributed by atoms with Gasteiger partial charge in [0.15, 0.2) is 0 Å². The van der Waals surface area contributed by atoms with Gasteiger partial charge in [-0.15, -0.1) is 0 Å². The molecule has 0 saturated carbocycles. The lowest BCUT2D eigenvalue weighted by molar-refractivity contribution is -0.385. The molecule has 1 aromatic rings. The molecular weight excluding hydrogens is 272 g/mol. The monoisotopic (exact) mass is 286 g/mol. The van der Waals surface area contributed by atoms with Gasteiger partial charge in [0.05, 0.1) is 18.1 Å². The van der Waals surface area contributed by atoms with Crippen molar-refractivity contribution in [1.82, 2.24) is 4.72 Å². The van der Waals surface area contributed by atoms with Crippen LogP contribution in [-0.2, 0) is 10.0 Å². The van der Waals surface area contributed by atoms with Crippen molar-refractivity contribution in [3.05, 3.63) is 40.5 Å². The van der Waals surface area contributed by atoms with Gasteiger partial charge in [-0.1, -0.05) is 12.2 Å². The zero-order chi connectivity index (χ0) is 14.6. The number of non-ortho nitro benzene ring substituents is 1. The number of benzene rings is 1. The number of nitrogens with one attached hydrogen (secondary N) is 1. The summed E-state index contributed by atoms with van der Waals surface area (Å²) in [5.74, 6) is -0.0802. The van der Waals surface area contributed by atoms with E-state index in [1.54, 1.807) is 6.92 Å². The Morgan fingerprint density at radius 2 is 2.16 bits per heavy atom. The Morgan fingerprint density at radius 1 is 1.53 bits per heavy atom. The van der Waals surface area contributed by atoms with Crippen LogP contribution < -0.4 is 9.46 Å². The third-order valence-corrected chi connectivity index (χ3v) is 3.65. The van der Waals surface area contributed by atoms with Gasteiger partial charge in [0.25, 0.3) is 5.69 Å². The van der Waals surface area contributed by atoms with Gasteiger partial charge in [0, 0.05) is 12.6 Å². The summed E-state index contributed by atoms with van der Waals surface area (Å²) in [7, 11) is -2.55. The van der Waals surface area contributed by atoms with Gasteiger partial charge in [0.1, 0.15) is 10.6 Å². The van der Waals surface area contributed by atoms with Crippen LogP contribution >= 0.6 is 0 Å². The Labute approximate surface area is 111 Å². The lowest BCUT2D eigenvalue weighted by Gasteiger charge is -2.10. The smallest absolute Gasteiger partial charge is 0.273 e. The third kappa shape index (κ3) is 3.76. The molecule has 0 amide bonds. The van der Waals surface area contributed by atoms with Crippen LogP contribution in [0.5, 0.6) is 5.75 Å². The van der Waals surface area contributed by atoms with E-state index in [1.807, 2.05) is 0 Å². The minimum atomic E-state index is -3.80. The second-order valence-electron chi connectivity index (χ2n) is 3.87. The predicted molar refractivity (Wildman–Crippen MR) is 69.7 cm³/mol. The van der Waals surface area contributed by atoms with Crippen molar-refractivity contribution in [2.45, 2.75) is 11.8 Å². The molecule has 1 N–H and O–H groups in total. The second kappa shape index (κ2) is 5.81. The number of ether oxygens (including phenoxy) is 1. The molecule has 0 atom stereocenters. The highest BCUT2D eigenvalue weighted by Crippen LogP contribution is 2.28. The van der Waals surface area contributed by atoms with Crippen LogP contribution in [0.4, 0.5) is 5.69 Å². The number of nitrogens with zero attached hydrogens (tertiary/aromatic N) is 1. The molecule has 0 aliphatic carbocycles. The first-order valence-corrected chi connectivity index (χ1v) is 6.72. The Morgan fingerprint density at radius 3 is 2.63 bits per heavy atom. The van der Waals surface area contributed by atoms with Gasteiger partial charge in [-0.3, -0.25) is 10.1 Å². The summed E-state index contributed by atoms with van der Waals surface area (Å²) in [6, 6.07) is 3.31. The molecule has 0 aliphatic rings. The molecule has 0 aromatic heterocycles. The van der Waals surface area contributed by atoms with Crippen molar-refractivity contribution in [2.75, 3.05) is 13.7 Å². The number of hydrogen-bond donors (Lipinski definition) is 1. The molecule has 0 spiro atoms. The van der Waals surface area contributed by atoms with Gasteiger partial charge in [0.2, 0.25) is 10.0 Å². The maximum atomic E-state index is 12.0. The van der Waals surface area contributed by atoms with E-state index in [4.69, 9.17) is 4.74 Å². The van der Waals surface area contributed by atoms with Crippen molar-refractivity contribution in [3.8, 4) is 5.75 Å². The summed E-state index contributed by atoms with van der Waals surface area (Å²) in [6.07, 6.45) is 0.